The van der Waals surface area contributed by atoms with E-state index < -0.39 is 41.2 Å². The minimum Gasteiger partial charge on any atom is -0.491 e. The molecule has 1 saturated carbocycles. The second kappa shape index (κ2) is 15.8. The Morgan fingerprint density at radius 3 is 2.44 bits per heavy atom. The largest absolute Gasteiger partial charge is 0.491 e. The highest BCUT2D eigenvalue weighted by molar-refractivity contribution is 6.05. The molecule has 1 aliphatic carbocycles. The summed E-state index contributed by atoms with van der Waals surface area (Å²) in [5.74, 6) is -2.33. The van der Waals surface area contributed by atoms with Crippen LogP contribution in [-0.4, -0.2) is 86.4 Å². The number of benzene rings is 2. The average molecular weight is 820 g/mol. The summed E-state index contributed by atoms with van der Waals surface area (Å²) in [6.45, 7) is 2.55. The van der Waals surface area contributed by atoms with Crippen molar-refractivity contribution >= 4 is 51.0 Å². The third kappa shape index (κ3) is 7.65. The van der Waals surface area contributed by atoms with Crippen LogP contribution in [0.3, 0.4) is 0 Å². The predicted octanol–water partition coefficient (Wildman–Crippen LogP) is 5.81. The highest BCUT2D eigenvalue weighted by atomic mass is 19.4. The van der Waals surface area contributed by atoms with Gasteiger partial charge in [-0.15, -0.1) is 0 Å². The molecule has 2 aliphatic heterocycles. The number of pyridine rings is 1. The highest BCUT2D eigenvalue weighted by Gasteiger charge is 2.35. The maximum atomic E-state index is 15.7. The van der Waals surface area contributed by atoms with Crippen LogP contribution in [0.1, 0.15) is 79.6 Å². The molecule has 14 nitrogen and oxygen atoms in total. The van der Waals surface area contributed by atoms with Gasteiger partial charge in [0.25, 0.3) is 5.91 Å². The van der Waals surface area contributed by atoms with Crippen LogP contribution in [0.15, 0.2) is 53.5 Å². The standard InChI is InChI=1S/C41H45F4N9O5/c1-50(25-16-18-52(19-17-25)29-7-5-8-30-36(29)51(2)40(58)54(30)31-14-15-33(55)48-39(31)57)21-23-10-12-26(13-11-23)53-22-24-20-28(37(59-3)34(42)35(24)49-53)47-38(56)27-6-4-9-32(46-27)41(43,44)45/h4-9,20,22-23,25-26,31H,10-19,21H2,1-3H3,(H,47,56)(H,48,55,57). The Kier molecular flexibility index (Phi) is 10.7. The first-order chi connectivity index (χ1) is 28.2. The minimum absolute atomic E-state index is 0.0356. The fourth-order valence-electron chi connectivity index (χ4n) is 9.11. The number of carbonyl (C=O) groups excluding carboxylic acids is 3. The lowest BCUT2D eigenvalue weighted by molar-refractivity contribution is -0.141. The molecule has 3 aromatic heterocycles. The molecule has 2 saturated heterocycles. The Balaban J connectivity index is 0.879. The molecular formula is C41H45F4N9O5. The number of imidazole rings is 1. The number of hydrogen-bond donors (Lipinski definition) is 2. The average Bonchev–Trinajstić information content (AvgIpc) is 3.76. The molecule has 8 rings (SSSR count). The number of carbonyl (C=O) groups is 3. The predicted molar refractivity (Wildman–Crippen MR) is 211 cm³/mol. The molecule has 59 heavy (non-hydrogen) atoms. The van der Waals surface area contributed by atoms with Crippen molar-refractivity contribution in [1.29, 1.82) is 0 Å². The summed E-state index contributed by atoms with van der Waals surface area (Å²) in [6.07, 6.45) is 2.95. The van der Waals surface area contributed by atoms with Crippen molar-refractivity contribution in [3.63, 3.8) is 0 Å². The molecule has 0 radical (unpaired) electrons. The molecule has 5 heterocycles. The van der Waals surface area contributed by atoms with Gasteiger partial charge in [-0.1, -0.05) is 12.1 Å². The van der Waals surface area contributed by atoms with E-state index >= 15 is 4.39 Å². The first-order valence-corrected chi connectivity index (χ1v) is 19.8. The summed E-state index contributed by atoms with van der Waals surface area (Å²) in [7, 11) is 5.13. The fraction of sp³-hybridized carbons (Fsp3) is 0.463. The Bertz CT molecular complexity index is 2500. The van der Waals surface area contributed by atoms with Crippen molar-refractivity contribution in [2.45, 2.75) is 75.7 Å². The van der Waals surface area contributed by atoms with E-state index in [1.54, 1.807) is 22.5 Å². The van der Waals surface area contributed by atoms with E-state index in [0.717, 1.165) is 87.6 Å². The SMILES string of the molecule is COc1c(NC(=O)c2cccc(C(F)(F)F)n2)cc2cn(C3CCC(CN(C)C4CCN(c5cccc6c5n(C)c(=O)n6C5CCC(=O)NC5=O)CC4)CC3)nc2c1F. The van der Waals surface area contributed by atoms with Gasteiger partial charge in [0.2, 0.25) is 11.8 Å². The molecule has 1 unspecified atom stereocenters. The normalized spacial score (nSPS) is 20.7. The van der Waals surface area contributed by atoms with Crippen LogP contribution in [0.25, 0.3) is 21.9 Å². The molecule has 3 aliphatic rings. The maximum absolute atomic E-state index is 15.7. The van der Waals surface area contributed by atoms with Crippen molar-refractivity contribution in [3.8, 4) is 5.75 Å². The third-order valence-corrected chi connectivity index (χ3v) is 12.2. The summed E-state index contributed by atoms with van der Waals surface area (Å²) < 4.78 is 65.4. The Hall–Kier alpha value is -5.78. The van der Waals surface area contributed by atoms with Crippen LogP contribution < -0.4 is 26.0 Å². The highest BCUT2D eigenvalue weighted by Crippen LogP contribution is 2.38. The number of aromatic nitrogens is 5. The molecule has 5 aromatic rings. The molecule has 3 amide bonds. The Morgan fingerprint density at radius 1 is 1.02 bits per heavy atom. The number of nitrogens with one attached hydrogen (secondary N) is 2. The van der Waals surface area contributed by atoms with Gasteiger partial charge in [-0.05, 0) is 88.2 Å². The number of ether oxygens (including phenoxy) is 1. The number of nitrogens with zero attached hydrogens (tertiary/aromatic N) is 7. The second-order valence-electron chi connectivity index (χ2n) is 15.8. The Morgan fingerprint density at radius 2 is 1.75 bits per heavy atom. The van der Waals surface area contributed by atoms with Crippen molar-refractivity contribution in [2.24, 2.45) is 13.0 Å². The number of aryl methyl sites for hydroxylation is 1. The smallest absolute Gasteiger partial charge is 0.433 e. The molecule has 0 spiro atoms. The van der Waals surface area contributed by atoms with E-state index in [2.05, 4.69) is 37.6 Å². The van der Waals surface area contributed by atoms with Crippen LogP contribution in [0.4, 0.5) is 28.9 Å². The Labute approximate surface area is 336 Å². The quantitative estimate of drug-likeness (QED) is 0.139. The summed E-state index contributed by atoms with van der Waals surface area (Å²) in [5, 5.41) is 9.79. The number of methoxy groups -OCH3 is 1. The summed E-state index contributed by atoms with van der Waals surface area (Å²) in [5.41, 5.74) is 0.436. The first-order valence-electron chi connectivity index (χ1n) is 19.8. The zero-order valence-electron chi connectivity index (χ0n) is 32.9. The van der Waals surface area contributed by atoms with Gasteiger partial charge in [-0.25, -0.2) is 14.2 Å². The van der Waals surface area contributed by atoms with Crippen LogP contribution >= 0.6 is 0 Å². The van der Waals surface area contributed by atoms with Gasteiger partial charge in [0.1, 0.15) is 22.9 Å². The van der Waals surface area contributed by atoms with E-state index in [1.807, 2.05) is 18.2 Å². The van der Waals surface area contributed by atoms with Gasteiger partial charge < -0.3 is 19.9 Å². The topological polar surface area (TPSA) is 149 Å². The van der Waals surface area contributed by atoms with Crippen LogP contribution in [0, 0.1) is 11.7 Å². The molecule has 2 aromatic carbocycles. The monoisotopic (exact) mass is 819 g/mol. The molecule has 2 N–H and O–H groups in total. The lowest BCUT2D eigenvalue weighted by Gasteiger charge is -2.40. The van der Waals surface area contributed by atoms with Crippen LogP contribution in [0.5, 0.6) is 5.75 Å². The van der Waals surface area contributed by atoms with E-state index in [1.165, 1.54) is 17.7 Å². The number of alkyl halides is 3. The van der Waals surface area contributed by atoms with Gasteiger partial charge >= 0.3 is 11.9 Å². The molecule has 18 heteroatoms. The van der Waals surface area contributed by atoms with Crippen LogP contribution in [-0.2, 0) is 22.8 Å². The van der Waals surface area contributed by atoms with Gasteiger partial charge in [0.05, 0.1) is 35.6 Å². The zero-order valence-corrected chi connectivity index (χ0v) is 32.9. The summed E-state index contributed by atoms with van der Waals surface area (Å²) in [6, 6.07) is 9.95. The van der Waals surface area contributed by atoms with Gasteiger partial charge in [-0.3, -0.25) is 33.5 Å². The molecule has 312 valence electrons. The second-order valence-corrected chi connectivity index (χ2v) is 15.8. The van der Waals surface area contributed by atoms with Crippen molar-refractivity contribution in [1.82, 2.24) is 34.1 Å². The van der Waals surface area contributed by atoms with E-state index in [-0.39, 0.29) is 47.4 Å². The molecule has 0 bridgehead atoms. The first kappa shape index (κ1) is 40.0. The van der Waals surface area contributed by atoms with Gasteiger partial charge in [-0.2, -0.15) is 18.3 Å². The lowest BCUT2D eigenvalue weighted by Crippen LogP contribution is -2.45. The van der Waals surface area contributed by atoms with Crippen molar-refractivity contribution in [3.05, 3.63) is 76.4 Å². The number of rotatable bonds is 9. The number of piperidine rings is 2. The van der Waals surface area contributed by atoms with Crippen molar-refractivity contribution in [2.75, 3.05) is 44.0 Å². The summed E-state index contributed by atoms with van der Waals surface area (Å²) in [4.78, 5) is 59.0. The third-order valence-electron chi connectivity index (χ3n) is 12.2. The molecule has 3 fully saturated rings. The number of imide groups is 1. The minimum atomic E-state index is -4.73. The number of hydrogen-bond acceptors (Lipinski definition) is 9. The number of anilines is 2. The lowest BCUT2D eigenvalue weighted by atomic mass is 9.85. The van der Waals surface area contributed by atoms with Crippen molar-refractivity contribution < 1.29 is 36.7 Å². The fourth-order valence-corrected chi connectivity index (χ4v) is 9.11. The van der Waals surface area contributed by atoms with E-state index in [4.69, 9.17) is 4.74 Å². The van der Waals surface area contributed by atoms with Gasteiger partial charge in [0.15, 0.2) is 11.6 Å². The summed E-state index contributed by atoms with van der Waals surface area (Å²) >= 11 is 0. The number of para-hydroxylation sites is 1. The van der Waals surface area contributed by atoms with Crippen LogP contribution in [0.2, 0.25) is 0 Å². The molecular weight excluding hydrogens is 775 g/mol. The number of halogens is 4. The van der Waals surface area contributed by atoms with Gasteiger partial charge in [0, 0.05) is 50.7 Å². The molecule has 1 atom stereocenters. The zero-order chi connectivity index (χ0) is 41.7. The van der Waals surface area contributed by atoms with E-state index in [9.17, 15) is 32.3 Å². The van der Waals surface area contributed by atoms with E-state index in [0.29, 0.717) is 22.9 Å². The number of amides is 3. The maximum Gasteiger partial charge on any atom is 0.433 e. The number of fused-ring (bicyclic) bond motifs is 2.